The fourth-order valence-electron chi connectivity index (χ4n) is 3.02. The summed E-state index contributed by atoms with van der Waals surface area (Å²) in [7, 11) is 0. The van der Waals surface area contributed by atoms with Gasteiger partial charge in [0.15, 0.2) is 5.79 Å². The van der Waals surface area contributed by atoms with E-state index in [1.807, 2.05) is 30.3 Å². The van der Waals surface area contributed by atoms with Crippen LogP contribution < -0.4 is 5.32 Å². The number of hydrogen-bond donors (Lipinski definition) is 1. The molecule has 0 aliphatic carbocycles. The lowest BCUT2D eigenvalue weighted by Gasteiger charge is -2.37. The van der Waals surface area contributed by atoms with Gasteiger partial charge in [0, 0.05) is 32.5 Å². The van der Waals surface area contributed by atoms with E-state index in [2.05, 4.69) is 5.32 Å². The first kappa shape index (κ1) is 16.0. The molecule has 2 saturated heterocycles. The lowest BCUT2D eigenvalue weighted by atomic mass is 10.0. The molecule has 1 spiro atoms. The summed E-state index contributed by atoms with van der Waals surface area (Å²) >= 11 is 0. The second-order valence-electron chi connectivity index (χ2n) is 5.89. The maximum absolute atomic E-state index is 12.2. The van der Waals surface area contributed by atoms with Crippen LogP contribution in [0.2, 0.25) is 0 Å². The van der Waals surface area contributed by atoms with Crippen molar-refractivity contribution in [1.82, 2.24) is 10.2 Å². The van der Waals surface area contributed by atoms with Crippen LogP contribution in [0.1, 0.15) is 18.4 Å². The third kappa shape index (κ3) is 3.89. The molecule has 2 amide bonds. The van der Waals surface area contributed by atoms with E-state index in [1.54, 1.807) is 4.90 Å². The average Bonchev–Trinajstić information content (AvgIpc) is 3.04. The van der Waals surface area contributed by atoms with Crippen LogP contribution in [-0.4, -0.2) is 55.3 Å². The minimum atomic E-state index is -0.537. The summed E-state index contributed by atoms with van der Waals surface area (Å²) in [6, 6.07) is 9.86. The summed E-state index contributed by atoms with van der Waals surface area (Å²) in [5.74, 6) is -1.53. The van der Waals surface area contributed by atoms with Gasteiger partial charge >= 0.3 is 11.8 Å². The average molecular weight is 318 g/mol. The minimum Gasteiger partial charge on any atom is -0.347 e. The molecular formula is C17H22N2O4. The maximum Gasteiger partial charge on any atom is 0.311 e. The van der Waals surface area contributed by atoms with E-state index in [9.17, 15) is 9.59 Å². The van der Waals surface area contributed by atoms with Crippen LogP contribution in [0, 0.1) is 0 Å². The SMILES string of the molecule is O=C(NCCc1ccccc1)C(=O)N1CCC2(CC1)OCCO2. The van der Waals surface area contributed by atoms with Crippen molar-refractivity contribution in [3.05, 3.63) is 35.9 Å². The molecule has 1 aromatic carbocycles. The number of nitrogens with zero attached hydrogens (tertiary/aromatic N) is 1. The van der Waals surface area contributed by atoms with Crippen molar-refractivity contribution in [3.63, 3.8) is 0 Å². The Kier molecular flexibility index (Phi) is 4.93. The first-order valence-corrected chi connectivity index (χ1v) is 8.07. The number of carbonyl (C=O) groups excluding carboxylic acids is 2. The fourth-order valence-corrected chi connectivity index (χ4v) is 3.02. The molecule has 6 nitrogen and oxygen atoms in total. The highest BCUT2D eigenvalue weighted by Crippen LogP contribution is 2.31. The number of benzene rings is 1. The van der Waals surface area contributed by atoms with Crippen LogP contribution >= 0.6 is 0 Å². The number of carbonyl (C=O) groups is 2. The molecule has 1 aromatic rings. The lowest BCUT2D eigenvalue weighted by Crippen LogP contribution is -2.51. The highest BCUT2D eigenvalue weighted by molar-refractivity contribution is 6.35. The number of amides is 2. The molecule has 2 aliphatic rings. The van der Waals surface area contributed by atoms with Crippen LogP contribution in [0.3, 0.4) is 0 Å². The second kappa shape index (κ2) is 7.10. The molecule has 6 heteroatoms. The molecule has 0 saturated carbocycles. The van der Waals surface area contributed by atoms with Gasteiger partial charge in [-0.2, -0.15) is 0 Å². The molecule has 0 aromatic heterocycles. The number of nitrogens with one attached hydrogen (secondary N) is 1. The van der Waals surface area contributed by atoms with Crippen molar-refractivity contribution in [2.24, 2.45) is 0 Å². The smallest absolute Gasteiger partial charge is 0.311 e. The molecule has 1 N–H and O–H groups in total. The van der Waals surface area contributed by atoms with E-state index in [0.717, 1.165) is 5.56 Å². The molecule has 124 valence electrons. The van der Waals surface area contributed by atoms with Gasteiger partial charge in [-0.05, 0) is 12.0 Å². The molecule has 3 rings (SSSR count). The van der Waals surface area contributed by atoms with Crippen LogP contribution in [0.4, 0.5) is 0 Å². The number of piperidine rings is 1. The van der Waals surface area contributed by atoms with E-state index < -0.39 is 17.6 Å². The van der Waals surface area contributed by atoms with Gasteiger partial charge in [0.1, 0.15) is 0 Å². The Bertz CT molecular complexity index is 545. The minimum absolute atomic E-state index is 0.457. The predicted molar refractivity (Wildman–Crippen MR) is 83.6 cm³/mol. The Hall–Kier alpha value is -1.92. The summed E-state index contributed by atoms with van der Waals surface area (Å²) in [5.41, 5.74) is 1.13. The van der Waals surface area contributed by atoms with Crippen molar-refractivity contribution in [1.29, 1.82) is 0 Å². The zero-order valence-electron chi connectivity index (χ0n) is 13.1. The van der Waals surface area contributed by atoms with Crippen molar-refractivity contribution in [2.75, 3.05) is 32.8 Å². The van der Waals surface area contributed by atoms with Crippen molar-refractivity contribution in [3.8, 4) is 0 Å². The molecule has 0 atom stereocenters. The van der Waals surface area contributed by atoms with E-state index in [1.165, 1.54) is 0 Å². The topological polar surface area (TPSA) is 67.9 Å². The number of hydrogen-bond acceptors (Lipinski definition) is 4. The zero-order chi connectivity index (χ0) is 16.1. The summed E-state index contributed by atoms with van der Waals surface area (Å²) in [5, 5.41) is 2.70. The van der Waals surface area contributed by atoms with Crippen LogP contribution in [0.15, 0.2) is 30.3 Å². The van der Waals surface area contributed by atoms with Crippen molar-refractivity contribution in [2.45, 2.75) is 25.0 Å². The van der Waals surface area contributed by atoms with Gasteiger partial charge in [-0.25, -0.2) is 0 Å². The lowest BCUT2D eigenvalue weighted by molar-refractivity contribution is -0.188. The first-order valence-electron chi connectivity index (χ1n) is 8.07. The Morgan fingerprint density at radius 2 is 1.74 bits per heavy atom. The monoisotopic (exact) mass is 318 g/mol. The number of ether oxygens (including phenoxy) is 2. The molecule has 0 unspecified atom stereocenters. The van der Waals surface area contributed by atoms with Gasteiger partial charge in [0.05, 0.1) is 13.2 Å². The molecule has 2 heterocycles. The molecule has 0 bridgehead atoms. The number of likely N-dealkylation sites (tertiary alicyclic amines) is 1. The van der Waals surface area contributed by atoms with Gasteiger partial charge in [-0.3, -0.25) is 9.59 Å². The van der Waals surface area contributed by atoms with Crippen LogP contribution in [0.5, 0.6) is 0 Å². The molecule has 23 heavy (non-hydrogen) atoms. The molecular weight excluding hydrogens is 296 g/mol. The third-order valence-electron chi connectivity index (χ3n) is 4.36. The highest BCUT2D eigenvalue weighted by Gasteiger charge is 2.41. The molecule has 2 aliphatic heterocycles. The van der Waals surface area contributed by atoms with Crippen LogP contribution in [-0.2, 0) is 25.5 Å². The van der Waals surface area contributed by atoms with E-state index in [-0.39, 0.29) is 0 Å². The quantitative estimate of drug-likeness (QED) is 0.834. The Morgan fingerprint density at radius 3 is 2.39 bits per heavy atom. The summed E-state index contributed by atoms with van der Waals surface area (Å²) in [4.78, 5) is 25.7. The largest absolute Gasteiger partial charge is 0.347 e. The second-order valence-corrected chi connectivity index (χ2v) is 5.89. The maximum atomic E-state index is 12.2. The van der Waals surface area contributed by atoms with E-state index in [0.29, 0.717) is 52.1 Å². The predicted octanol–water partition coefficient (Wildman–Crippen LogP) is 0.711. The molecule has 0 radical (unpaired) electrons. The Labute approximate surface area is 135 Å². The first-order chi connectivity index (χ1) is 11.2. The Morgan fingerprint density at radius 1 is 1.09 bits per heavy atom. The number of rotatable bonds is 3. The normalized spacial score (nSPS) is 19.7. The zero-order valence-corrected chi connectivity index (χ0v) is 13.1. The van der Waals surface area contributed by atoms with Gasteiger partial charge < -0.3 is 19.7 Å². The van der Waals surface area contributed by atoms with Gasteiger partial charge in [-0.1, -0.05) is 30.3 Å². The van der Waals surface area contributed by atoms with E-state index in [4.69, 9.17) is 9.47 Å². The molecule has 2 fully saturated rings. The fraction of sp³-hybridized carbons (Fsp3) is 0.529. The highest BCUT2D eigenvalue weighted by atomic mass is 16.7. The van der Waals surface area contributed by atoms with Crippen molar-refractivity contribution < 1.29 is 19.1 Å². The van der Waals surface area contributed by atoms with Crippen LogP contribution in [0.25, 0.3) is 0 Å². The standard InChI is InChI=1S/C17H22N2O4/c20-15(18-9-6-14-4-2-1-3-5-14)16(21)19-10-7-17(8-11-19)22-12-13-23-17/h1-5H,6-13H2,(H,18,20). The van der Waals surface area contributed by atoms with Gasteiger partial charge in [0.2, 0.25) is 0 Å². The third-order valence-corrected chi connectivity index (χ3v) is 4.36. The van der Waals surface area contributed by atoms with Gasteiger partial charge in [-0.15, -0.1) is 0 Å². The van der Waals surface area contributed by atoms with Gasteiger partial charge in [0.25, 0.3) is 0 Å². The Balaban J connectivity index is 1.42. The summed E-state index contributed by atoms with van der Waals surface area (Å²) < 4.78 is 11.2. The van der Waals surface area contributed by atoms with Crippen molar-refractivity contribution >= 4 is 11.8 Å². The summed E-state index contributed by atoms with van der Waals surface area (Å²) in [6.07, 6.45) is 1.96. The summed E-state index contributed by atoms with van der Waals surface area (Å²) in [6.45, 7) is 2.65. The van der Waals surface area contributed by atoms with E-state index >= 15 is 0 Å².